The smallest absolute Gasteiger partial charge is 0.180 e. The van der Waals surface area contributed by atoms with Gasteiger partial charge in [0.1, 0.15) is 0 Å². The lowest BCUT2D eigenvalue weighted by Crippen LogP contribution is -2.20. The molecule has 0 saturated heterocycles. The van der Waals surface area contributed by atoms with Gasteiger partial charge in [0.05, 0.1) is 16.8 Å². The molecule has 1 atom stereocenters. The van der Waals surface area contributed by atoms with Crippen molar-refractivity contribution >= 4 is 21.4 Å². The van der Waals surface area contributed by atoms with Crippen LogP contribution in [0.2, 0.25) is 5.02 Å². The number of sulfone groups is 1. The van der Waals surface area contributed by atoms with E-state index in [4.69, 9.17) is 11.6 Å². The summed E-state index contributed by atoms with van der Waals surface area (Å²) in [6.45, 7) is 1.90. The molecule has 0 aliphatic carbocycles. The summed E-state index contributed by atoms with van der Waals surface area (Å²) in [6, 6.07) is 5.97. The molecule has 1 N–H and O–H groups in total. The van der Waals surface area contributed by atoms with Crippen molar-refractivity contribution in [1.29, 1.82) is 0 Å². The Bertz CT molecular complexity index is 425. The van der Waals surface area contributed by atoms with E-state index in [9.17, 15) is 13.5 Å². The average molecular weight is 263 g/mol. The quantitative estimate of drug-likeness (QED) is 0.886. The van der Waals surface area contributed by atoms with Gasteiger partial charge in [-0.3, -0.25) is 0 Å². The first-order chi connectivity index (χ1) is 7.45. The summed E-state index contributed by atoms with van der Waals surface area (Å²) >= 11 is 5.67. The average Bonchev–Trinajstić information content (AvgIpc) is 2.17. The molecule has 0 aliphatic rings. The van der Waals surface area contributed by atoms with Crippen LogP contribution in [-0.4, -0.2) is 25.4 Å². The minimum Gasteiger partial charge on any atom is -0.392 e. The zero-order chi connectivity index (χ0) is 12.2. The molecule has 90 valence electrons. The van der Waals surface area contributed by atoms with Crippen molar-refractivity contribution in [3.05, 3.63) is 29.3 Å². The molecule has 0 bridgehead atoms. The summed E-state index contributed by atoms with van der Waals surface area (Å²) in [5, 5.41) is 9.99. The molecule has 0 aromatic heterocycles. The Balaban J connectivity index is 2.82. The summed E-state index contributed by atoms with van der Waals surface area (Å²) in [6.07, 6.45) is 0.454. The zero-order valence-electron chi connectivity index (χ0n) is 9.06. The summed E-state index contributed by atoms with van der Waals surface area (Å²) < 4.78 is 23.7. The first-order valence-corrected chi connectivity index (χ1v) is 7.15. The number of rotatable bonds is 5. The molecule has 16 heavy (non-hydrogen) atoms. The molecule has 0 fully saturated rings. The Labute approximate surface area is 101 Å². The Morgan fingerprint density at radius 1 is 1.31 bits per heavy atom. The van der Waals surface area contributed by atoms with E-state index in [-0.39, 0.29) is 10.6 Å². The van der Waals surface area contributed by atoms with Crippen LogP contribution < -0.4 is 0 Å². The fraction of sp³-hybridized carbons (Fsp3) is 0.455. The molecule has 1 aromatic carbocycles. The second-order valence-corrected chi connectivity index (χ2v) is 6.15. The lowest BCUT2D eigenvalue weighted by Gasteiger charge is -2.10. The standard InChI is InChI=1S/C11H15ClO3S/c1-2-3-10(13)8-16(14,15)11-6-4-9(12)5-7-11/h4-7,10,13H,2-3,8H2,1H3. The molecule has 0 heterocycles. The fourth-order valence-corrected chi connectivity index (χ4v) is 2.95. The Morgan fingerprint density at radius 3 is 2.38 bits per heavy atom. The van der Waals surface area contributed by atoms with Crippen molar-refractivity contribution < 1.29 is 13.5 Å². The van der Waals surface area contributed by atoms with E-state index < -0.39 is 15.9 Å². The number of halogens is 1. The van der Waals surface area contributed by atoms with Gasteiger partial charge in [0, 0.05) is 5.02 Å². The molecule has 3 nitrogen and oxygen atoms in total. The van der Waals surface area contributed by atoms with Crippen molar-refractivity contribution in [2.24, 2.45) is 0 Å². The largest absolute Gasteiger partial charge is 0.392 e. The molecule has 0 spiro atoms. The van der Waals surface area contributed by atoms with E-state index >= 15 is 0 Å². The maximum Gasteiger partial charge on any atom is 0.180 e. The molecular formula is C11H15ClO3S. The van der Waals surface area contributed by atoms with Crippen molar-refractivity contribution in [1.82, 2.24) is 0 Å². The number of benzene rings is 1. The summed E-state index contributed by atoms with van der Waals surface area (Å²) in [4.78, 5) is 0.201. The topological polar surface area (TPSA) is 54.4 Å². The van der Waals surface area contributed by atoms with E-state index in [2.05, 4.69) is 0 Å². The van der Waals surface area contributed by atoms with Crippen LogP contribution in [0.4, 0.5) is 0 Å². The zero-order valence-corrected chi connectivity index (χ0v) is 10.6. The van der Waals surface area contributed by atoms with Crippen LogP contribution >= 0.6 is 11.6 Å². The third kappa shape index (κ3) is 3.77. The van der Waals surface area contributed by atoms with Gasteiger partial charge in [0.2, 0.25) is 0 Å². The minimum atomic E-state index is -3.41. The van der Waals surface area contributed by atoms with Crippen LogP contribution in [-0.2, 0) is 9.84 Å². The third-order valence-corrected chi connectivity index (χ3v) is 4.27. The van der Waals surface area contributed by atoms with E-state index in [1.807, 2.05) is 6.92 Å². The SMILES string of the molecule is CCCC(O)CS(=O)(=O)c1ccc(Cl)cc1. The molecule has 0 aliphatic heterocycles. The van der Waals surface area contributed by atoms with Crippen molar-refractivity contribution in [2.45, 2.75) is 30.8 Å². The maximum atomic E-state index is 11.8. The number of hydrogen-bond acceptors (Lipinski definition) is 3. The van der Waals surface area contributed by atoms with Crippen molar-refractivity contribution in [3.8, 4) is 0 Å². The number of aliphatic hydroxyl groups is 1. The lowest BCUT2D eigenvalue weighted by atomic mass is 10.2. The monoisotopic (exact) mass is 262 g/mol. The molecular weight excluding hydrogens is 248 g/mol. The Hall–Kier alpha value is -0.580. The fourth-order valence-electron chi connectivity index (χ4n) is 1.41. The number of hydrogen-bond donors (Lipinski definition) is 1. The van der Waals surface area contributed by atoms with E-state index in [1.54, 1.807) is 0 Å². The number of aliphatic hydroxyl groups excluding tert-OH is 1. The molecule has 5 heteroatoms. The van der Waals surface area contributed by atoms with E-state index in [1.165, 1.54) is 24.3 Å². The highest BCUT2D eigenvalue weighted by Gasteiger charge is 2.18. The van der Waals surface area contributed by atoms with Crippen molar-refractivity contribution in [2.75, 3.05) is 5.75 Å². The van der Waals surface area contributed by atoms with Crippen LogP contribution in [0.3, 0.4) is 0 Å². The summed E-state index contributed by atoms with van der Waals surface area (Å²) in [5.74, 6) is -0.234. The van der Waals surface area contributed by atoms with Crippen LogP contribution in [0.25, 0.3) is 0 Å². The first-order valence-electron chi connectivity index (χ1n) is 5.12. The normalized spacial score (nSPS) is 13.7. The molecule has 0 radical (unpaired) electrons. The third-order valence-electron chi connectivity index (χ3n) is 2.21. The highest BCUT2D eigenvalue weighted by Crippen LogP contribution is 2.16. The highest BCUT2D eigenvalue weighted by atomic mass is 35.5. The predicted molar refractivity (Wildman–Crippen MR) is 64.4 cm³/mol. The Morgan fingerprint density at radius 2 is 1.88 bits per heavy atom. The first kappa shape index (κ1) is 13.5. The summed E-state index contributed by atoms with van der Waals surface area (Å²) in [7, 11) is -3.41. The predicted octanol–water partition coefficient (Wildman–Crippen LogP) is 2.27. The van der Waals surface area contributed by atoms with Gasteiger partial charge in [-0.1, -0.05) is 24.9 Å². The lowest BCUT2D eigenvalue weighted by molar-refractivity contribution is 0.186. The molecule has 0 saturated carbocycles. The summed E-state index contributed by atoms with van der Waals surface area (Å²) in [5.41, 5.74) is 0. The Kier molecular flexibility index (Phi) is 4.77. The molecule has 1 rings (SSSR count). The van der Waals surface area contributed by atoms with Crippen LogP contribution in [0.5, 0.6) is 0 Å². The van der Waals surface area contributed by atoms with Crippen molar-refractivity contribution in [3.63, 3.8) is 0 Å². The molecule has 0 amide bonds. The second-order valence-electron chi connectivity index (χ2n) is 3.68. The molecule has 1 aromatic rings. The van der Waals surface area contributed by atoms with Gasteiger partial charge in [-0.15, -0.1) is 0 Å². The van der Waals surface area contributed by atoms with E-state index in [0.717, 1.165) is 6.42 Å². The molecule has 1 unspecified atom stereocenters. The van der Waals surface area contributed by atoms with Gasteiger partial charge in [-0.2, -0.15) is 0 Å². The van der Waals surface area contributed by atoms with Crippen LogP contribution in [0.15, 0.2) is 29.2 Å². The van der Waals surface area contributed by atoms with E-state index in [0.29, 0.717) is 11.4 Å². The van der Waals surface area contributed by atoms with Crippen LogP contribution in [0, 0.1) is 0 Å². The van der Waals surface area contributed by atoms with Gasteiger partial charge in [0.15, 0.2) is 9.84 Å². The van der Waals surface area contributed by atoms with Gasteiger partial charge in [-0.25, -0.2) is 8.42 Å². The highest BCUT2D eigenvalue weighted by molar-refractivity contribution is 7.91. The van der Waals surface area contributed by atoms with Gasteiger partial charge in [-0.05, 0) is 30.7 Å². The van der Waals surface area contributed by atoms with Gasteiger partial charge in [0.25, 0.3) is 0 Å². The second kappa shape index (κ2) is 5.66. The maximum absolute atomic E-state index is 11.8. The minimum absolute atomic E-state index is 0.201. The van der Waals surface area contributed by atoms with Gasteiger partial charge >= 0.3 is 0 Å². The van der Waals surface area contributed by atoms with Gasteiger partial charge < -0.3 is 5.11 Å². The van der Waals surface area contributed by atoms with Crippen LogP contribution in [0.1, 0.15) is 19.8 Å².